The lowest BCUT2D eigenvalue weighted by Gasteiger charge is -2.37. The first-order valence-corrected chi connectivity index (χ1v) is 13.6. The zero-order valence-corrected chi connectivity index (χ0v) is 22.0. The quantitative estimate of drug-likeness (QED) is 0.441. The molecule has 1 atom stereocenters. The molecule has 5 rings (SSSR count). The monoisotopic (exact) mass is 516 g/mol. The fraction of sp³-hybridized carbons (Fsp3) is 0.345. The van der Waals surface area contributed by atoms with Crippen LogP contribution in [0.1, 0.15) is 45.2 Å². The van der Waals surface area contributed by atoms with Crippen molar-refractivity contribution in [3.63, 3.8) is 0 Å². The van der Waals surface area contributed by atoms with Crippen LogP contribution >= 0.6 is 11.3 Å². The van der Waals surface area contributed by atoms with Gasteiger partial charge in [-0.25, -0.2) is 4.98 Å². The average molecular weight is 517 g/mol. The van der Waals surface area contributed by atoms with Gasteiger partial charge in [-0.15, -0.1) is 17.9 Å². The van der Waals surface area contributed by atoms with E-state index in [1.54, 1.807) is 6.92 Å². The van der Waals surface area contributed by atoms with Crippen molar-refractivity contribution in [2.24, 2.45) is 0 Å². The highest BCUT2D eigenvalue weighted by molar-refractivity contribution is 7.09. The summed E-state index contributed by atoms with van der Waals surface area (Å²) < 4.78 is 6.12. The molecule has 2 aliphatic rings. The van der Waals surface area contributed by atoms with Crippen molar-refractivity contribution in [2.45, 2.75) is 26.0 Å². The molecule has 2 amide bonds. The van der Waals surface area contributed by atoms with Crippen LogP contribution in [0.4, 0.5) is 0 Å². The van der Waals surface area contributed by atoms with Crippen LogP contribution in [0.3, 0.4) is 0 Å². The van der Waals surface area contributed by atoms with Crippen LogP contribution in [0.15, 0.2) is 66.6 Å². The number of nitrogens with zero attached hydrogens (tertiary/aromatic N) is 4. The van der Waals surface area contributed by atoms with Gasteiger partial charge in [0.05, 0.1) is 6.04 Å². The first-order chi connectivity index (χ1) is 18.0. The molecule has 0 N–H and O–H groups in total. The molecule has 2 aromatic carbocycles. The number of fused-ring (bicyclic) bond motifs is 1. The van der Waals surface area contributed by atoms with E-state index in [0.717, 1.165) is 47.9 Å². The Morgan fingerprint density at radius 2 is 1.89 bits per heavy atom. The fourth-order valence-corrected chi connectivity index (χ4v) is 5.79. The van der Waals surface area contributed by atoms with Crippen molar-refractivity contribution < 1.29 is 14.3 Å². The number of benzene rings is 2. The van der Waals surface area contributed by atoms with E-state index in [4.69, 9.17) is 4.74 Å². The zero-order chi connectivity index (χ0) is 25.8. The lowest BCUT2D eigenvalue weighted by atomic mass is 9.88. The number of carbonyl (C=O) groups is 2. The molecule has 7 nitrogen and oxygen atoms in total. The van der Waals surface area contributed by atoms with Gasteiger partial charge in [-0.3, -0.25) is 14.5 Å². The molecule has 1 fully saturated rings. The highest BCUT2D eigenvalue weighted by Crippen LogP contribution is 2.37. The average Bonchev–Trinajstić information content (AvgIpc) is 3.41. The topological polar surface area (TPSA) is 66.0 Å². The number of aromatic nitrogens is 1. The van der Waals surface area contributed by atoms with Gasteiger partial charge in [0.2, 0.25) is 5.91 Å². The number of rotatable bonds is 7. The Labute approximate surface area is 222 Å². The molecule has 3 heterocycles. The van der Waals surface area contributed by atoms with Crippen LogP contribution in [0.5, 0.6) is 5.75 Å². The van der Waals surface area contributed by atoms with Crippen molar-refractivity contribution >= 4 is 23.2 Å². The number of hydrogen-bond donors (Lipinski definition) is 0. The number of hydrogen-bond acceptors (Lipinski definition) is 6. The Kier molecular flexibility index (Phi) is 7.67. The summed E-state index contributed by atoms with van der Waals surface area (Å²) in [6, 6.07) is 16.1. The minimum absolute atomic E-state index is 0.0236. The summed E-state index contributed by atoms with van der Waals surface area (Å²) in [7, 11) is 0. The molecular weight excluding hydrogens is 484 g/mol. The summed E-state index contributed by atoms with van der Waals surface area (Å²) in [6.45, 7) is 10.3. The SMILES string of the molecule is C=CCN1CCN(C(=O)c2csc(COc3ccc4c(c3)[C@@H](c3ccccc3)N(C(C)=O)CC4)n2)CC1. The van der Waals surface area contributed by atoms with Crippen LogP contribution in [0, 0.1) is 0 Å². The minimum atomic E-state index is -0.137. The van der Waals surface area contributed by atoms with Gasteiger partial charge in [-0.05, 0) is 35.2 Å². The van der Waals surface area contributed by atoms with E-state index in [1.165, 1.54) is 16.9 Å². The van der Waals surface area contributed by atoms with Crippen molar-refractivity contribution in [3.8, 4) is 5.75 Å². The van der Waals surface area contributed by atoms with Gasteiger partial charge in [0.1, 0.15) is 23.1 Å². The predicted octanol–water partition coefficient (Wildman–Crippen LogP) is 4.16. The lowest BCUT2D eigenvalue weighted by Crippen LogP contribution is -2.48. The fourth-order valence-electron chi connectivity index (χ4n) is 5.12. The Bertz CT molecular complexity index is 1270. The summed E-state index contributed by atoms with van der Waals surface area (Å²) in [6.07, 6.45) is 2.71. The van der Waals surface area contributed by atoms with Gasteiger partial charge < -0.3 is 14.5 Å². The number of ether oxygens (including phenoxy) is 1. The molecule has 0 radical (unpaired) electrons. The van der Waals surface area contributed by atoms with Gasteiger partial charge >= 0.3 is 0 Å². The second-order valence-electron chi connectivity index (χ2n) is 9.43. The van der Waals surface area contributed by atoms with E-state index in [9.17, 15) is 9.59 Å². The first-order valence-electron chi connectivity index (χ1n) is 12.7. The molecule has 1 aromatic heterocycles. The number of piperazine rings is 1. The molecular formula is C29H32N4O3S. The molecule has 3 aromatic rings. The van der Waals surface area contributed by atoms with E-state index in [2.05, 4.69) is 34.7 Å². The Morgan fingerprint density at radius 3 is 2.62 bits per heavy atom. The van der Waals surface area contributed by atoms with Crippen LogP contribution in [0.2, 0.25) is 0 Å². The van der Waals surface area contributed by atoms with Gasteiger partial charge in [-0.1, -0.05) is 42.5 Å². The number of thiazole rings is 1. The van der Waals surface area contributed by atoms with E-state index in [-0.39, 0.29) is 24.5 Å². The summed E-state index contributed by atoms with van der Waals surface area (Å²) in [5.41, 5.74) is 3.89. The molecule has 0 saturated carbocycles. The highest BCUT2D eigenvalue weighted by Gasteiger charge is 2.31. The van der Waals surface area contributed by atoms with Crippen LogP contribution in [-0.4, -0.2) is 70.8 Å². The smallest absolute Gasteiger partial charge is 0.273 e. The van der Waals surface area contributed by atoms with E-state index < -0.39 is 0 Å². The Balaban J connectivity index is 1.27. The molecule has 192 valence electrons. The predicted molar refractivity (Wildman–Crippen MR) is 145 cm³/mol. The minimum Gasteiger partial charge on any atom is -0.486 e. The molecule has 1 saturated heterocycles. The Morgan fingerprint density at radius 1 is 1.11 bits per heavy atom. The van der Waals surface area contributed by atoms with Crippen LogP contribution in [-0.2, 0) is 17.8 Å². The van der Waals surface area contributed by atoms with Crippen LogP contribution < -0.4 is 4.74 Å². The van der Waals surface area contributed by atoms with Crippen molar-refractivity contribution in [1.29, 1.82) is 0 Å². The number of carbonyl (C=O) groups excluding carboxylic acids is 2. The van der Waals surface area contributed by atoms with Gasteiger partial charge in [0.25, 0.3) is 5.91 Å². The van der Waals surface area contributed by atoms with E-state index >= 15 is 0 Å². The summed E-state index contributed by atoms with van der Waals surface area (Å²) in [5.74, 6) is 0.768. The third-order valence-corrected chi connectivity index (χ3v) is 7.87. The highest BCUT2D eigenvalue weighted by atomic mass is 32.1. The third kappa shape index (κ3) is 5.60. The maximum absolute atomic E-state index is 12.9. The molecule has 2 aliphatic heterocycles. The van der Waals surface area contributed by atoms with Crippen molar-refractivity contribution in [3.05, 3.63) is 94.0 Å². The maximum Gasteiger partial charge on any atom is 0.273 e. The van der Waals surface area contributed by atoms with Crippen molar-refractivity contribution in [1.82, 2.24) is 19.7 Å². The molecule has 0 aliphatic carbocycles. The first kappa shape index (κ1) is 25.2. The normalized spacial score (nSPS) is 17.8. The van der Waals surface area contributed by atoms with Crippen molar-refractivity contribution in [2.75, 3.05) is 39.3 Å². The maximum atomic E-state index is 12.9. The summed E-state index contributed by atoms with van der Waals surface area (Å²) in [4.78, 5) is 36.0. The Hall–Kier alpha value is -3.49. The number of amides is 2. The second-order valence-corrected chi connectivity index (χ2v) is 10.4. The van der Waals surface area contributed by atoms with Gasteiger partial charge in [-0.2, -0.15) is 0 Å². The van der Waals surface area contributed by atoms with Gasteiger partial charge in [0, 0.05) is 51.6 Å². The molecule has 0 bridgehead atoms. The molecule has 0 spiro atoms. The van der Waals surface area contributed by atoms with Gasteiger partial charge in [0.15, 0.2) is 0 Å². The molecule has 0 unspecified atom stereocenters. The molecule has 37 heavy (non-hydrogen) atoms. The second kappa shape index (κ2) is 11.3. The largest absolute Gasteiger partial charge is 0.486 e. The molecule has 8 heteroatoms. The van der Waals surface area contributed by atoms with Crippen LogP contribution in [0.25, 0.3) is 0 Å². The lowest BCUT2D eigenvalue weighted by molar-refractivity contribution is -0.130. The summed E-state index contributed by atoms with van der Waals surface area (Å²) in [5, 5.41) is 2.58. The van der Waals surface area contributed by atoms with E-state index in [1.807, 2.05) is 51.6 Å². The third-order valence-electron chi connectivity index (χ3n) is 7.05. The zero-order valence-electron chi connectivity index (χ0n) is 21.1. The standard InChI is InChI=1S/C29H32N4O3S/c1-3-12-31-14-16-32(17-15-31)29(35)26-20-37-27(30-26)19-36-24-10-9-22-11-13-33(21(2)34)28(25(22)18-24)23-7-5-4-6-8-23/h3-10,18,20,28H,1,11-17,19H2,2H3/t28-/m1/s1. The summed E-state index contributed by atoms with van der Waals surface area (Å²) >= 11 is 1.44. The van der Waals surface area contributed by atoms with E-state index in [0.29, 0.717) is 25.3 Å².